The highest BCUT2D eigenvalue weighted by Crippen LogP contribution is 2.25. The second-order valence-electron chi connectivity index (χ2n) is 4.83. The summed E-state index contributed by atoms with van der Waals surface area (Å²) in [7, 11) is 0. The van der Waals surface area contributed by atoms with Crippen LogP contribution >= 0.6 is 11.3 Å². The van der Waals surface area contributed by atoms with Gasteiger partial charge in [0.2, 0.25) is 5.91 Å². The van der Waals surface area contributed by atoms with E-state index >= 15 is 0 Å². The SMILES string of the molecule is Cc1nc2ccc(NCc3cccc(C(N)=O)c3)cc2s1. The van der Waals surface area contributed by atoms with Crippen molar-refractivity contribution in [2.75, 3.05) is 5.32 Å². The zero-order valence-electron chi connectivity index (χ0n) is 11.6. The molecular weight excluding hydrogens is 282 g/mol. The van der Waals surface area contributed by atoms with E-state index < -0.39 is 5.91 Å². The van der Waals surface area contributed by atoms with Gasteiger partial charge in [0.25, 0.3) is 0 Å². The third-order valence-electron chi connectivity index (χ3n) is 3.20. The number of anilines is 1. The Morgan fingerprint density at radius 3 is 2.95 bits per heavy atom. The van der Waals surface area contributed by atoms with Crippen LogP contribution in [0.2, 0.25) is 0 Å². The summed E-state index contributed by atoms with van der Waals surface area (Å²) in [5, 5.41) is 4.42. The predicted molar refractivity (Wildman–Crippen MR) is 86.6 cm³/mol. The Kier molecular flexibility index (Phi) is 3.58. The molecule has 3 N–H and O–H groups in total. The maximum Gasteiger partial charge on any atom is 0.248 e. The highest BCUT2D eigenvalue weighted by molar-refractivity contribution is 7.18. The van der Waals surface area contributed by atoms with Crippen molar-refractivity contribution in [2.24, 2.45) is 5.73 Å². The number of aromatic nitrogens is 1. The van der Waals surface area contributed by atoms with Crippen molar-refractivity contribution >= 4 is 33.1 Å². The molecule has 3 rings (SSSR count). The number of rotatable bonds is 4. The van der Waals surface area contributed by atoms with Crippen LogP contribution in [0.1, 0.15) is 20.9 Å². The maximum atomic E-state index is 11.2. The lowest BCUT2D eigenvalue weighted by molar-refractivity contribution is 0.1000. The fourth-order valence-corrected chi connectivity index (χ4v) is 3.05. The number of primary amides is 1. The summed E-state index contributed by atoms with van der Waals surface area (Å²) in [4.78, 5) is 15.6. The van der Waals surface area contributed by atoms with Gasteiger partial charge in [0, 0.05) is 17.8 Å². The van der Waals surface area contributed by atoms with Crippen molar-refractivity contribution < 1.29 is 4.79 Å². The molecule has 0 spiro atoms. The van der Waals surface area contributed by atoms with Crippen molar-refractivity contribution in [3.8, 4) is 0 Å². The van der Waals surface area contributed by atoms with Gasteiger partial charge in [0.1, 0.15) is 0 Å². The van der Waals surface area contributed by atoms with Crippen LogP contribution in [0.25, 0.3) is 10.2 Å². The van der Waals surface area contributed by atoms with Gasteiger partial charge >= 0.3 is 0 Å². The molecule has 1 amide bonds. The van der Waals surface area contributed by atoms with Gasteiger partial charge in [-0.2, -0.15) is 0 Å². The molecular formula is C16H15N3OS. The van der Waals surface area contributed by atoms with Gasteiger partial charge in [0.05, 0.1) is 15.2 Å². The van der Waals surface area contributed by atoms with Gasteiger partial charge in [-0.3, -0.25) is 4.79 Å². The minimum atomic E-state index is -0.404. The number of hydrogen-bond donors (Lipinski definition) is 2. The van der Waals surface area contributed by atoms with E-state index in [1.807, 2.05) is 37.3 Å². The van der Waals surface area contributed by atoms with Crippen LogP contribution in [0.5, 0.6) is 0 Å². The molecule has 0 radical (unpaired) electrons. The second-order valence-corrected chi connectivity index (χ2v) is 6.07. The standard InChI is InChI=1S/C16H15N3OS/c1-10-19-14-6-5-13(8-15(14)21-10)18-9-11-3-2-4-12(7-11)16(17)20/h2-8,18H,9H2,1H3,(H2,17,20). The molecule has 0 aliphatic heterocycles. The van der Waals surface area contributed by atoms with Gasteiger partial charge in [-0.25, -0.2) is 4.98 Å². The smallest absolute Gasteiger partial charge is 0.248 e. The highest BCUT2D eigenvalue weighted by Gasteiger charge is 2.03. The summed E-state index contributed by atoms with van der Waals surface area (Å²) in [5.41, 5.74) is 8.90. The van der Waals surface area contributed by atoms with Crippen LogP contribution in [-0.2, 0) is 6.54 Å². The summed E-state index contributed by atoms with van der Waals surface area (Å²) in [5.74, 6) is -0.404. The van der Waals surface area contributed by atoms with E-state index in [9.17, 15) is 4.79 Å². The summed E-state index contributed by atoms with van der Waals surface area (Å²) < 4.78 is 1.17. The molecule has 0 atom stereocenters. The zero-order chi connectivity index (χ0) is 14.8. The van der Waals surface area contributed by atoms with E-state index in [0.29, 0.717) is 12.1 Å². The molecule has 0 bridgehead atoms. The number of benzene rings is 2. The normalized spacial score (nSPS) is 10.7. The molecule has 1 aromatic heterocycles. The fraction of sp³-hybridized carbons (Fsp3) is 0.125. The number of nitrogens with one attached hydrogen (secondary N) is 1. The number of amides is 1. The number of hydrogen-bond acceptors (Lipinski definition) is 4. The largest absolute Gasteiger partial charge is 0.381 e. The van der Waals surface area contributed by atoms with Gasteiger partial charge in [-0.15, -0.1) is 11.3 Å². The first-order valence-electron chi connectivity index (χ1n) is 6.61. The van der Waals surface area contributed by atoms with Gasteiger partial charge in [-0.05, 0) is 42.8 Å². The quantitative estimate of drug-likeness (QED) is 0.776. The third-order valence-corrected chi connectivity index (χ3v) is 4.14. The Hall–Kier alpha value is -2.40. The molecule has 5 heteroatoms. The van der Waals surface area contributed by atoms with Crippen LogP contribution in [0.15, 0.2) is 42.5 Å². The third kappa shape index (κ3) is 3.03. The lowest BCUT2D eigenvalue weighted by Gasteiger charge is -2.07. The van der Waals surface area contributed by atoms with Crippen LogP contribution < -0.4 is 11.1 Å². The van der Waals surface area contributed by atoms with Crippen molar-refractivity contribution in [1.29, 1.82) is 0 Å². The average molecular weight is 297 g/mol. The molecule has 21 heavy (non-hydrogen) atoms. The lowest BCUT2D eigenvalue weighted by Crippen LogP contribution is -2.11. The first-order valence-corrected chi connectivity index (χ1v) is 7.43. The highest BCUT2D eigenvalue weighted by atomic mass is 32.1. The molecule has 0 aliphatic carbocycles. The molecule has 0 saturated carbocycles. The van der Waals surface area contributed by atoms with E-state index in [4.69, 9.17) is 5.73 Å². The minimum absolute atomic E-state index is 0.404. The maximum absolute atomic E-state index is 11.2. The van der Waals surface area contributed by atoms with E-state index in [1.54, 1.807) is 17.4 Å². The molecule has 3 aromatic rings. The van der Waals surface area contributed by atoms with Crippen LogP contribution in [0.4, 0.5) is 5.69 Å². The number of thiazole rings is 1. The molecule has 0 aliphatic rings. The number of carbonyl (C=O) groups excluding carboxylic acids is 1. The summed E-state index contributed by atoms with van der Waals surface area (Å²) >= 11 is 1.68. The zero-order valence-corrected chi connectivity index (χ0v) is 12.4. The Morgan fingerprint density at radius 1 is 1.29 bits per heavy atom. The Morgan fingerprint density at radius 2 is 2.14 bits per heavy atom. The molecule has 4 nitrogen and oxygen atoms in total. The van der Waals surface area contributed by atoms with Crippen LogP contribution in [0.3, 0.4) is 0 Å². The Labute approximate surface area is 126 Å². The van der Waals surface area contributed by atoms with Crippen molar-refractivity contribution in [3.05, 3.63) is 58.6 Å². The van der Waals surface area contributed by atoms with E-state index in [-0.39, 0.29) is 0 Å². The second kappa shape index (κ2) is 5.54. The van der Waals surface area contributed by atoms with Gasteiger partial charge in [0.15, 0.2) is 0 Å². The summed E-state index contributed by atoms with van der Waals surface area (Å²) in [6.45, 7) is 2.65. The first-order chi connectivity index (χ1) is 10.1. The lowest BCUT2D eigenvalue weighted by atomic mass is 10.1. The predicted octanol–water partition coefficient (Wildman–Crippen LogP) is 3.32. The topological polar surface area (TPSA) is 68.0 Å². The van der Waals surface area contributed by atoms with Crippen molar-refractivity contribution in [2.45, 2.75) is 13.5 Å². The Bertz CT molecular complexity index is 810. The van der Waals surface area contributed by atoms with E-state index in [2.05, 4.69) is 16.4 Å². The molecule has 0 saturated heterocycles. The molecule has 0 unspecified atom stereocenters. The number of aryl methyl sites for hydroxylation is 1. The van der Waals surface area contributed by atoms with Crippen molar-refractivity contribution in [1.82, 2.24) is 4.98 Å². The number of fused-ring (bicyclic) bond motifs is 1. The molecule has 0 fully saturated rings. The van der Waals surface area contributed by atoms with Crippen LogP contribution in [-0.4, -0.2) is 10.9 Å². The Balaban J connectivity index is 1.76. The van der Waals surface area contributed by atoms with Crippen LogP contribution in [0, 0.1) is 6.92 Å². The average Bonchev–Trinajstić information content (AvgIpc) is 2.84. The summed E-state index contributed by atoms with van der Waals surface area (Å²) in [6, 6.07) is 13.5. The van der Waals surface area contributed by atoms with Crippen molar-refractivity contribution in [3.63, 3.8) is 0 Å². The molecule has 2 aromatic carbocycles. The number of carbonyl (C=O) groups is 1. The molecule has 106 valence electrons. The minimum Gasteiger partial charge on any atom is -0.381 e. The van der Waals surface area contributed by atoms with Gasteiger partial charge < -0.3 is 11.1 Å². The first kappa shape index (κ1) is 13.6. The fourth-order valence-electron chi connectivity index (χ4n) is 2.19. The molecule has 1 heterocycles. The van der Waals surface area contributed by atoms with E-state index in [0.717, 1.165) is 21.8 Å². The summed E-state index contributed by atoms with van der Waals surface area (Å²) in [6.07, 6.45) is 0. The monoisotopic (exact) mass is 297 g/mol. The number of nitrogens with two attached hydrogens (primary N) is 1. The van der Waals surface area contributed by atoms with E-state index in [1.165, 1.54) is 4.70 Å². The van der Waals surface area contributed by atoms with Gasteiger partial charge in [-0.1, -0.05) is 12.1 Å². The number of nitrogens with zero attached hydrogens (tertiary/aromatic N) is 1.